The van der Waals surface area contributed by atoms with Gasteiger partial charge in [-0.25, -0.2) is 5.01 Å². The minimum atomic E-state index is -0.778. The summed E-state index contributed by atoms with van der Waals surface area (Å²) >= 11 is 6.19. The molecule has 1 aromatic carbocycles. The number of hydrazine groups is 1. The van der Waals surface area contributed by atoms with E-state index in [1.165, 1.54) is 0 Å². The lowest BCUT2D eigenvalue weighted by atomic mass is 10.2. The van der Waals surface area contributed by atoms with Crippen LogP contribution in [0, 0.1) is 20.2 Å². The molecule has 12 heteroatoms. The molecule has 10 nitrogen and oxygen atoms in total. The number of carbonyl (C=O) groups excluding carboxylic acids is 1. The molecule has 1 aliphatic heterocycles. The van der Waals surface area contributed by atoms with Gasteiger partial charge in [0, 0.05) is 18.5 Å². The third-order valence-electron chi connectivity index (χ3n) is 3.42. The van der Waals surface area contributed by atoms with E-state index in [0.29, 0.717) is 4.91 Å². The Morgan fingerprint density at radius 2 is 1.85 bits per heavy atom. The Hall–Kier alpha value is -3.38. The Labute approximate surface area is 161 Å². The van der Waals surface area contributed by atoms with E-state index in [1.54, 1.807) is 30.6 Å². The summed E-state index contributed by atoms with van der Waals surface area (Å²) in [6.45, 7) is 0. The van der Waals surface area contributed by atoms with Gasteiger partial charge in [0.1, 0.15) is 5.69 Å². The molecule has 1 aliphatic rings. The molecule has 0 bridgehead atoms. The highest BCUT2D eigenvalue weighted by atomic mass is 32.2. The van der Waals surface area contributed by atoms with Gasteiger partial charge in [-0.1, -0.05) is 11.8 Å². The summed E-state index contributed by atoms with van der Waals surface area (Å²) < 4.78 is 0.146. The van der Waals surface area contributed by atoms with Crippen LogP contribution in [0.5, 0.6) is 0 Å². The molecule has 2 heterocycles. The standard InChI is InChI=1S/C15H9N5O5S2/c21-14-13(7-9-3-5-16-6-4-9)27-15(26)18(14)17-11-2-1-10(19(22)23)8-12(11)20(24)25/h1-8,17H/b13-7+. The quantitative estimate of drug-likeness (QED) is 0.346. The van der Waals surface area contributed by atoms with Crippen LogP contribution in [-0.4, -0.2) is 30.1 Å². The molecule has 0 spiro atoms. The predicted molar refractivity (Wildman–Crippen MR) is 103 cm³/mol. The van der Waals surface area contributed by atoms with E-state index in [1.807, 2.05) is 0 Å². The normalized spacial score (nSPS) is 15.3. The lowest BCUT2D eigenvalue weighted by molar-refractivity contribution is -0.393. The lowest BCUT2D eigenvalue weighted by Gasteiger charge is -2.16. The van der Waals surface area contributed by atoms with Crippen LogP contribution in [0.15, 0.2) is 47.6 Å². The number of anilines is 1. The second-order valence-electron chi connectivity index (χ2n) is 5.13. The molecular formula is C15H9N5O5S2. The maximum atomic E-state index is 12.6. The van der Waals surface area contributed by atoms with Gasteiger partial charge in [0.2, 0.25) is 0 Å². The number of amides is 1. The van der Waals surface area contributed by atoms with Crippen LogP contribution in [-0.2, 0) is 4.79 Å². The largest absolute Gasteiger partial charge is 0.300 e. The van der Waals surface area contributed by atoms with Gasteiger partial charge in [-0.15, -0.1) is 0 Å². The maximum Gasteiger partial charge on any atom is 0.300 e. The minimum Gasteiger partial charge on any atom is -0.283 e. The summed E-state index contributed by atoms with van der Waals surface area (Å²) in [6.07, 6.45) is 4.77. The third-order valence-corrected chi connectivity index (χ3v) is 4.72. The van der Waals surface area contributed by atoms with Crippen LogP contribution in [0.2, 0.25) is 0 Å². The van der Waals surface area contributed by atoms with Gasteiger partial charge < -0.3 is 0 Å². The molecule has 0 radical (unpaired) electrons. The average Bonchev–Trinajstić information content (AvgIpc) is 2.90. The van der Waals surface area contributed by atoms with E-state index in [2.05, 4.69) is 10.4 Å². The van der Waals surface area contributed by atoms with Gasteiger partial charge in [0.15, 0.2) is 4.32 Å². The van der Waals surface area contributed by atoms with Crippen molar-refractivity contribution in [3.05, 3.63) is 73.4 Å². The van der Waals surface area contributed by atoms with Gasteiger partial charge in [0.05, 0.1) is 20.8 Å². The molecule has 136 valence electrons. The van der Waals surface area contributed by atoms with Crippen LogP contribution < -0.4 is 5.43 Å². The van der Waals surface area contributed by atoms with Crippen LogP contribution in [0.25, 0.3) is 6.08 Å². The number of thiocarbonyl (C=S) groups is 1. The summed E-state index contributed by atoms with van der Waals surface area (Å²) in [6, 6.07) is 6.48. The Kier molecular flexibility index (Phi) is 5.09. The monoisotopic (exact) mass is 403 g/mol. The summed E-state index contributed by atoms with van der Waals surface area (Å²) in [7, 11) is 0. The summed E-state index contributed by atoms with van der Waals surface area (Å²) in [5, 5.41) is 23.0. The van der Waals surface area contributed by atoms with E-state index in [-0.39, 0.29) is 10.0 Å². The SMILES string of the molecule is O=C1/C(=C\c2ccncc2)SC(=S)N1Nc1ccc([N+](=O)[O-])cc1[N+](=O)[O-]. The number of aromatic nitrogens is 1. The molecule has 0 saturated carbocycles. The predicted octanol–water partition coefficient (Wildman–Crippen LogP) is 3.13. The van der Waals surface area contributed by atoms with Crippen LogP contribution in [0.3, 0.4) is 0 Å². The highest BCUT2D eigenvalue weighted by Gasteiger charge is 2.34. The number of carbonyl (C=O) groups is 1. The second-order valence-corrected chi connectivity index (χ2v) is 6.80. The van der Waals surface area contributed by atoms with E-state index in [0.717, 1.165) is 40.5 Å². The first-order valence-corrected chi connectivity index (χ1v) is 8.47. The van der Waals surface area contributed by atoms with Crippen molar-refractivity contribution in [2.45, 2.75) is 0 Å². The lowest BCUT2D eigenvalue weighted by Crippen LogP contribution is -2.34. The van der Waals surface area contributed by atoms with E-state index in [9.17, 15) is 25.0 Å². The number of thioether (sulfide) groups is 1. The van der Waals surface area contributed by atoms with Gasteiger partial charge in [-0.05, 0) is 42.1 Å². The van der Waals surface area contributed by atoms with Crippen molar-refractivity contribution in [3.63, 3.8) is 0 Å². The average molecular weight is 403 g/mol. The second kappa shape index (κ2) is 7.47. The van der Waals surface area contributed by atoms with E-state index >= 15 is 0 Å². The number of rotatable bonds is 5. The molecule has 2 aromatic rings. The van der Waals surface area contributed by atoms with E-state index < -0.39 is 27.1 Å². The number of nitrogens with one attached hydrogen (secondary N) is 1. The number of pyridine rings is 1. The summed E-state index contributed by atoms with van der Waals surface area (Å²) in [4.78, 5) is 37.3. The summed E-state index contributed by atoms with van der Waals surface area (Å²) in [5.41, 5.74) is 2.25. The maximum absolute atomic E-state index is 12.6. The van der Waals surface area contributed by atoms with Gasteiger partial charge in [0.25, 0.3) is 11.6 Å². The van der Waals surface area contributed by atoms with Crippen LogP contribution in [0.4, 0.5) is 17.1 Å². The molecule has 27 heavy (non-hydrogen) atoms. The number of nitro benzene ring substituents is 2. The molecule has 0 aliphatic carbocycles. The fourth-order valence-electron chi connectivity index (χ4n) is 2.17. The Morgan fingerprint density at radius 1 is 1.15 bits per heavy atom. The third kappa shape index (κ3) is 3.91. The van der Waals surface area contributed by atoms with Gasteiger partial charge in [-0.2, -0.15) is 0 Å². The molecule has 1 saturated heterocycles. The molecule has 1 N–H and O–H groups in total. The molecule has 0 unspecified atom stereocenters. The van der Waals surface area contributed by atoms with Crippen molar-refractivity contribution < 1.29 is 14.6 Å². The van der Waals surface area contributed by atoms with Crippen molar-refractivity contribution in [3.8, 4) is 0 Å². The number of non-ortho nitro benzene ring substituents is 1. The highest BCUT2D eigenvalue weighted by molar-refractivity contribution is 8.26. The molecule has 1 fully saturated rings. The highest BCUT2D eigenvalue weighted by Crippen LogP contribution is 2.35. The molecule has 0 atom stereocenters. The fourth-order valence-corrected chi connectivity index (χ4v) is 3.35. The molecule has 3 rings (SSSR count). The van der Waals surface area contributed by atoms with Crippen molar-refractivity contribution in [1.29, 1.82) is 0 Å². The summed E-state index contributed by atoms with van der Waals surface area (Å²) in [5.74, 6) is -0.491. The zero-order valence-corrected chi connectivity index (χ0v) is 14.9. The molecule has 1 aromatic heterocycles. The van der Waals surface area contributed by atoms with Crippen molar-refractivity contribution in [2.75, 3.05) is 5.43 Å². The number of hydrogen-bond acceptors (Lipinski definition) is 9. The van der Waals surface area contributed by atoms with Crippen LogP contribution in [0.1, 0.15) is 5.56 Å². The topological polar surface area (TPSA) is 132 Å². The van der Waals surface area contributed by atoms with Crippen molar-refractivity contribution in [1.82, 2.24) is 9.99 Å². The number of nitro groups is 2. The van der Waals surface area contributed by atoms with E-state index in [4.69, 9.17) is 12.2 Å². The first-order chi connectivity index (χ1) is 12.9. The zero-order chi connectivity index (χ0) is 19.6. The van der Waals surface area contributed by atoms with Gasteiger partial charge in [-0.3, -0.25) is 35.4 Å². The first-order valence-electron chi connectivity index (χ1n) is 7.24. The van der Waals surface area contributed by atoms with Gasteiger partial charge >= 0.3 is 5.69 Å². The number of nitrogens with zero attached hydrogens (tertiary/aromatic N) is 4. The molecule has 1 amide bonds. The number of benzene rings is 1. The Bertz CT molecular complexity index is 995. The minimum absolute atomic E-state index is 0.0907. The van der Waals surface area contributed by atoms with Crippen molar-refractivity contribution >= 4 is 57.3 Å². The number of hydrogen-bond donors (Lipinski definition) is 1. The molecular weight excluding hydrogens is 394 g/mol. The Morgan fingerprint density at radius 3 is 2.48 bits per heavy atom. The van der Waals surface area contributed by atoms with Crippen molar-refractivity contribution in [2.24, 2.45) is 0 Å². The smallest absolute Gasteiger partial charge is 0.283 e. The van der Waals surface area contributed by atoms with Crippen LogP contribution >= 0.6 is 24.0 Å². The first kappa shape index (κ1) is 18.4. The Balaban J connectivity index is 1.89. The zero-order valence-electron chi connectivity index (χ0n) is 13.3. The fraction of sp³-hybridized carbons (Fsp3) is 0.